The van der Waals surface area contributed by atoms with Gasteiger partial charge in [-0.25, -0.2) is 0 Å². The van der Waals surface area contributed by atoms with Crippen LogP contribution in [0, 0.1) is 0 Å². The molecule has 0 saturated carbocycles. The van der Waals surface area contributed by atoms with Gasteiger partial charge >= 0.3 is 0 Å². The van der Waals surface area contributed by atoms with Gasteiger partial charge < -0.3 is 4.90 Å². The lowest BCUT2D eigenvalue weighted by atomic mass is 9.67. The first-order valence-electron chi connectivity index (χ1n) is 22.2. The van der Waals surface area contributed by atoms with Crippen LogP contribution >= 0.6 is 11.3 Å². The molecule has 2 aliphatic carbocycles. The van der Waals surface area contributed by atoms with E-state index in [0.29, 0.717) is 0 Å². The Bertz CT molecular complexity index is 3470. The SMILES string of the molecule is c1ccc(C2(c3ccc(N(c4ccc5sc6ccccc6c5c4)c4cccc5c4-c4ccccc4C5(c4ccccc4)c4ccccc4)cc3)c3ccccc3-c3ccccc32)cc1. The molecule has 0 aliphatic heterocycles. The molecule has 10 aromatic carbocycles. The van der Waals surface area contributed by atoms with Gasteiger partial charge in [-0.05, 0) is 104 Å². The zero-order valence-corrected chi connectivity index (χ0v) is 35.8. The van der Waals surface area contributed by atoms with Gasteiger partial charge in [-0.2, -0.15) is 0 Å². The Morgan fingerprint density at radius 1 is 0.297 bits per heavy atom. The number of benzene rings is 10. The summed E-state index contributed by atoms with van der Waals surface area (Å²) < 4.78 is 2.60. The summed E-state index contributed by atoms with van der Waals surface area (Å²) in [5.41, 5.74) is 17.7. The van der Waals surface area contributed by atoms with Crippen molar-refractivity contribution in [2.24, 2.45) is 0 Å². The summed E-state index contributed by atoms with van der Waals surface area (Å²) in [6.45, 7) is 0. The molecule has 300 valence electrons. The largest absolute Gasteiger partial charge is 0.310 e. The van der Waals surface area contributed by atoms with Crippen LogP contribution in [0.3, 0.4) is 0 Å². The molecular weight excluding hydrogens is 791 g/mol. The van der Waals surface area contributed by atoms with Crippen molar-refractivity contribution in [3.63, 3.8) is 0 Å². The van der Waals surface area contributed by atoms with Crippen molar-refractivity contribution in [1.82, 2.24) is 0 Å². The molecule has 0 fully saturated rings. The number of fused-ring (bicyclic) bond motifs is 9. The molecule has 11 aromatic rings. The van der Waals surface area contributed by atoms with E-state index < -0.39 is 10.8 Å². The molecule has 0 saturated heterocycles. The van der Waals surface area contributed by atoms with E-state index in [1.807, 2.05) is 11.3 Å². The highest BCUT2D eigenvalue weighted by Crippen LogP contribution is 2.60. The minimum atomic E-state index is -0.515. The van der Waals surface area contributed by atoms with Gasteiger partial charge in [0.05, 0.1) is 16.5 Å². The number of anilines is 3. The highest BCUT2D eigenvalue weighted by atomic mass is 32.1. The Morgan fingerprint density at radius 3 is 1.34 bits per heavy atom. The van der Waals surface area contributed by atoms with Crippen molar-refractivity contribution in [3.8, 4) is 22.3 Å². The zero-order chi connectivity index (χ0) is 42.2. The molecule has 0 spiro atoms. The monoisotopic (exact) mass is 831 g/mol. The molecule has 2 heteroatoms. The summed E-state index contributed by atoms with van der Waals surface area (Å²) in [4.78, 5) is 2.52. The first-order valence-corrected chi connectivity index (χ1v) is 23.0. The molecule has 64 heavy (non-hydrogen) atoms. The Labute approximate surface area is 377 Å². The van der Waals surface area contributed by atoms with Gasteiger partial charge in [-0.3, -0.25) is 0 Å². The average Bonchev–Trinajstić information content (AvgIpc) is 4.00. The molecule has 0 unspecified atom stereocenters. The third kappa shape index (κ3) is 5.12. The molecule has 0 amide bonds. The third-order valence-electron chi connectivity index (χ3n) is 14.0. The average molecular weight is 832 g/mol. The molecule has 1 aromatic heterocycles. The summed E-state index contributed by atoms with van der Waals surface area (Å²) in [6.07, 6.45) is 0. The highest BCUT2D eigenvalue weighted by molar-refractivity contribution is 7.25. The maximum absolute atomic E-state index is 2.52. The van der Waals surface area contributed by atoms with Crippen molar-refractivity contribution in [2.75, 3.05) is 4.90 Å². The topological polar surface area (TPSA) is 3.24 Å². The number of hydrogen-bond donors (Lipinski definition) is 0. The van der Waals surface area contributed by atoms with Crippen molar-refractivity contribution < 1.29 is 0 Å². The van der Waals surface area contributed by atoms with Gasteiger partial charge in [0.2, 0.25) is 0 Å². The molecule has 0 bridgehead atoms. The second kappa shape index (κ2) is 14.4. The second-order valence-electron chi connectivity index (χ2n) is 17.1. The van der Waals surface area contributed by atoms with E-state index in [-0.39, 0.29) is 0 Å². The molecular formula is C62H41NS. The first kappa shape index (κ1) is 36.8. The molecule has 0 N–H and O–H groups in total. The Hall–Kier alpha value is -7.78. The van der Waals surface area contributed by atoms with Crippen molar-refractivity contribution in [2.45, 2.75) is 10.8 Å². The molecule has 13 rings (SSSR count). The minimum absolute atomic E-state index is 0.482. The second-order valence-corrected chi connectivity index (χ2v) is 18.2. The first-order chi connectivity index (χ1) is 31.8. The van der Waals surface area contributed by atoms with E-state index in [1.165, 1.54) is 86.9 Å². The maximum atomic E-state index is 2.52. The van der Waals surface area contributed by atoms with Crippen LogP contribution in [-0.4, -0.2) is 0 Å². The maximum Gasteiger partial charge on any atom is 0.0714 e. The van der Waals surface area contributed by atoms with Crippen molar-refractivity contribution >= 4 is 48.6 Å². The third-order valence-corrected chi connectivity index (χ3v) is 15.2. The molecule has 2 aliphatic rings. The number of thiophene rings is 1. The lowest BCUT2D eigenvalue weighted by Gasteiger charge is -2.35. The molecule has 1 nitrogen and oxygen atoms in total. The minimum Gasteiger partial charge on any atom is -0.310 e. The van der Waals surface area contributed by atoms with Gasteiger partial charge in [-0.1, -0.05) is 206 Å². The van der Waals surface area contributed by atoms with E-state index in [1.54, 1.807) is 0 Å². The van der Waals surface area contributed by atoms with Gasteiger partial charge in [-0.15, -0.1) is 11.3 Å². The fourth-order valence-electron chi connectivity index (χ4n) is 11.5. The van der Waals surface area contributed by atoms with Gasteiger partial charge in [0.15, 0.2) is 0 Å². The van der Waals surface area contributed by atoms with Crippen LogP contribution in [0.15, 0.2) is 249 Å². The Kier molecular flexibility index (Phi) is 8.28. The van der Waals surface area contributed by atoms with Crippen LogP contribution in [0.25, 0.3) is 42.4 Å². The van der Waals surface area contributed by atoms with Crippen LogP contribution in [0.5, 0.6) is 0 Å². The Morgan fingerprint density at radius 2 is 0.734 bits per heavy atom. The van der Waals surface area contributed by atoms with E-state index >= 15 is 0 Å². The van der Waals surface area contributed by atoms with Crippen molar-refractivity contribution in [3.05, 3.63) is 293 Å². The fourth-order valence-corrected chi connectivity index (χ4v) is 12.6. The molecule has 0 radical (unpaired) electrons. The number of nitrogens with zero attached hydrogens (tertiary/aromatic N) is 1. The van der Waals surface area contributed by atoms with E-state index in [0.717, 1.165) is 17.1 Å². The van der Waals surface area contributed by atoms with Gasteiger partial charge in [0.25, 0.3) is 0 Å². The summed E-state index contributed by atoms with van der Waals surface area (Å²) in [7, 11) is 0. The van der Waals surface area contributed by atoms with Crippen LogP contribution < -0.4 is 4.90 Å². The van der Waals surface area contributed by atoms with E-state index in [2.05, 4.69) is 254 Å². The Balaban J connectivity index is 1.08. The number of rotatable bonds is 7. The smallest absolute Gasteiger partial charge is 0.0714 e. The van der Waals surface area contributed by atoms with E-state index in [4.69, 9.17) is 0 Å². The predicted octanol–water partition coefficient (Wildman–Crippen LogP) is 16.3. The van der Waals surface area contributed by atoms with Gasteiger partial charge in [0, 0.05) is 37.1 Å². The normalized spacial score (nSPS) is 13.9. The lowest BCUT2D eigenvalue weighted by molar-refractivity contribution is 0.768. The van der Waals surface area contributed by atoms with Crippen LogP contribution in [0.1, 0.15) is 44.5 Å². The highest BCUT2D eigenvalue weighted by Gasteiger charge is 2.48. The molecule has 1 heterocycles. The zero-order valence-electron chi connectivity index (χ0n) is 35.0. The van der Waals surface area contributed by atoms with Crippen LogP contribution in [0.4, 0.5) is 17.1 Å². The summed E-state index contributed by atoms with van der Waals surface area (Å²) >= 11 is 1.86. The lowest BCUT2D eigenvalue weighted by Crippen LogP contribution is -2.28. The fraction of sp³-hybridized carbons (Fsp3) is 0.0323. The molecule has 0 atom stereocenters. The van der Waals surface area contributed by atoms with Crippen LogP contribution in [0.2, 0.25) is 0 Å². The van der Waals surface area contributed by atoms with Gasteiger partial charge in [0.1, 0.15) is 0 Å². The standard InChI is InChI=1S/C62H41NS/c1-4-19-42(20-5-1)61(53-29-14-10-25-48(53)49-26-11-15-30-54(49)61)45-35-37-46(38-36-45)63(47-39-40-59-52(41-47)50-27-13-17-34-58(50)64-59)57-33-18-32-56-60(57)51-28-12-16-31-55(51)62(56,43-21-6-2-7-22-43)44-23-8-3-9-24-44/h1-41H. The van der Waals surface area contributed by atoms with Crippen molar-refractivity contribution in [1.29, 1.82) is 0 Å². The van der Waals surface area contributed by atoms with Crippen LogP contribution in [-0.2, 0) is 10.8 Å². The summed E-state index contributed by atoms with van der Waals surface area (Å²) in [6, 6.07) is 92.7. The van der Waals surface area contributed by atoms with E-state index in [9.17, 15) is 0 Å². The number of hydrogen-bond acceptors (Lipinski definition) is 2. The summed E-state index contributed by atoms with van der Waals surface area (Å²) in [5.74, 6) is 0. The summed E-state index contributed by atoms with van der Waals surface area (Å²) in [5, 5.41) is 2.57. The quantitative estimate of drug-likeness (QED) is 0.155. The predicted molar refractivity (Wildman–Crippen MR) is 269 cm³/mol.